The summed E-state index contributed by atoms with van der Waals surface area (Å²) in [5.74, 6) is -0.451. The van der Waals surface area contributed by atoms with Crippen LogP contribution in [0.1, 0.15) is 38.8 Å². The molecule has 0 amide bonds. The Balaban J connectivity index is 2.54. The minimum Gasteiger partial charge on any atom is -0.463 e. The summed E-state index contributed by atoms with van der Waals surface area (Å²) in [6, 6.07) is 5.60. The Morgan fingerprint density at radius 2 is 2.16 bits per heavy atom. The Morgan fingerprint density at radius 1 is 1.44 bits per heavy atom. The molecule has 1 aliphatic heterocycles. The molecule has 1 atom stereocenters. The average molecular weight is 363 g/mol. The molecule has 25 heavy (non-hydrogen) atoms. The minimum absolute atomic E-state index is 0.0398. The molecule has 134 valence electrons. The molecule has 1 aromatic carbocycles. The summed E-state index contributed by atoms with van der Waals surface area (Å²) in [4.78, 5) is 25.0. The van der Waals surface area contributed by atoms with Crippen LogP contribution in [0.4, 0.5) is 5.69 Å². The lowest BCUT2D eigenvalue weighted by molar-refractivity contribution is -0.384. The van der Waals surface area contributed by atoms with Crippen molar-refractivity contribution >= 4 is 29.0 Å². The van der Waals surface area contributed by atoms with Gasteiger partial charge in [0.25, 0.3) is 5.69 Å². The van der Waals surface area contributed by atoms with E-state index in [1.54, 1.807) is 19.1 Å². The van der Waals surface area contributed by atoms with Crippen LogP contribution in [0.2, 0.25) is 0 Å². The lowest BCUT2D eigenvalue weighted by Gasteiger charge is -2.37. The number of thiocarbonyl (C=S) groups is 1. The zero-order valence-electron chi connectivity index (χ0n) is 14.4. The van der Waals surface area contributed by atoms with Crippen LogP contribution in [0.3, 0.4) is 0 Å². The summed E-state index contributed by atoms with van der Waals surface area (Å²) in [7, 11) is 0. The first-order chi connectivity index (χ1) is 11.9. The zero-order valence-corrected chi connectivity index (χ0v) is 15.3. The van der Waals surface area contributed by atoms with E-state index in [1.807, 2.05) is 18.7 Å². The molecule has 1 heterocycles. The van der Waals surface area contributed by atoms with Crippen molar-refractivity contribution in [3.63, 3.8) is 0 Å². The van der Waals surface area contributed by atoms with Crippen molar-refractivity contribution in [3.8, 4) is 0 Å². The van der Waals surface area contributed by atoms with E-state index in [0.29, 0.717) is 28.5 Å². The van der Waals surface area contributed by atoms with Gasteiger partial charge in [-0.3, -0.25) is 10.1 Å². The highest BCUT2D eigenvalue weighted by Gasteiger charge is 2.34. The number of nitro groups is 1. The van der Waals surface area contributed by atoms with Gasteiger partial charge in [0, 0.05) is 24.4 Å². The standard InChI is InChI=1S/C17H21N3O4S/c1-4-9-19-11(3)14(16(21)24-5-2)15(18-17(19)25)12-7-6-8-13(10-12)20(22)23/h6-8,10,15H,4-5,9H2,1-3H3,(H,18,25)/t15-/m1/s1. The van der Waals surface area contributed by atoms with Gasteiger partial charge in [-0.15, -0.1) is 0 Å². The second-order valence-electron chi connectivity index (χ2n) is 5.61. The maximum absolute atomic E-state index is 12.5. The first-order valence-corrected chi connectivity index (χ1v) is 8.51. The normalized spacial score (nSPS) is 17.3. The molecule has 0 radical (unpaired) electrons. The molecule has 0 aliphatic carbocycles. The first kappa shape index (κ1) is 18.9. The molecule has 1 N–H and O–H groups in total. The molecule has 2 rings (SSSR count). The third-order valence-electron chi connectivity index (χ3n) is 3.95. The predicted molar refractivity (Wildman–Crippen MR) is 97.9 cm³/mol. The number of nitrogens with zero attached hydrogens (tertiary/aromatic N) is 2. The number of hydrogen-bond donors (Lipinski definition) is 1. The number of nitrogens with one attached hydrogen (secondary N) is 1. The highest BCUT2D eigenvalue weighted by atomic mass is 32.1. The molecule has 0 saturated heterocycles. The summed E-state index contributed by atoms with van der Waals surface area (Å²) in [5, 5.41) is 14.7. The molecule has 0 bridgehead atoms. The first-order valence-electron chi connectivity index (χ1n) is 8.10. The molecule has 0 saturated carbocycles. The van der Waals surface area contributed by atoms with Gasteiger partial charge in [-0.05, 0) is 38.0 Å². The fourth-order valence-corrected chi connectivity index (χ4v) is 3.16. The van der Waals surface area contributed by atoms with E-state index in [9.17, 15) is 14.9 Å². The highest BCUT2D eigenvalue weighted by molar-refractivity contribution is 7.80. The molecule has 8 heteroatoms. The topological polar surface area (TPSA) is 84.7 Å². The summed E-state index contributed by atoms with van der Waals surface area (Å²) < 4.78 is 5.20. The van der Waals surface area contributed by atoms with Crippen LogP contribution in [0.25, 0.3) is 0 Å². The Kier molecular flexibility index (Phi) is 6.08. The zero-order chi connectivity index (χ0) is 18.6. The van der Waals surface area contributed by atoms with E-state index in [-0.39, 0.29) is 12.3 Å². The van der Waals surface area contributed by atoms with Crippen LogP contribution in [-0.4, -0.2) is 34.1 Å². The Hall–Kier alpha value is -2.48. The second kappa shape index (κ2) is 8.06. The van der Waals surface area contributed by atoms with Crippen molar-refractivity contribution < 1.29 is 14.5 Å². The summed E-state index contributed by atoms with van der Waals surface area (Å²) >= 11 is 5.43. The largest absolute Gasteiger partial charge is 0.463 e. The van der Waals surface area contributed by atoms with Gasteiger partial charge < -0.3 is 15.0 Å². The van der Waals surface area contributed by atoms with Crippen LogP contribution in [0.15, 0.2) is 35.5 Å². The molecular weight excluding hydrogens is 342 g/mol. The van der Waals surface area contributed by atoms with Gasteiger partial charge in [0.2, 0.25) is 0 Å². The van der Waals surface area contributed by atoms with Gasteiger partial charge in [-0.25, -0.2) is 4.79 Å². The molecule has 1 aliphatic rings. The molecular formula is C17H21N3O4S. The molecule has 0 fully saturated rings. The van der Waals surface area contributed by atoms with Gasteiger partial charge in [0.15, 0.2) is 5.11 Å². The lowest BCUT2D eigenvalue weighted by atomic mass is 9.94. The number of esters is 1. The number of nitro benzene ring substituents is 1. The number of rotatable bonds is 6. The third kappa shape index (κ3) is 3.96. The quantitative estimate of drug-likeness (QED) is 0.360. The van der Waals surface area contributed by atoms with Crippen molar-refractivity contribution in [2.45, 2.75) is 33.2 Å². The van der Waals surface area contributed by atoms with Gasteiger partial charge >= 0.3 is 5.97 Å². The van der Waals surface area contributed by atoms with E-state index in [0.717, 1.165) is 6.42 Å². The summed E-state index contributed by atoms with van der Waals surface area (Å²) in [5.41, 5.74) is 1.68. The van der Waals surface area contributed by atoms with Crippen LogP contribution in [-0.2, 0) is 9.53 Å². The monoisotopic (exact) mass is 363 g/mol. The highest BCUT2D eigenvalue weighted by Crippen LogP contribution is 2.32. The third-order valence-corrected chi connectivity index (χ3v) is 4.29. The van der Waals surface area contributed by atoms with E-state index in [2.05, 4.69) is 5.32 Å². The smallest absolute Gasteiger partial charge is 0.338 e. The lowest BCUT2D eigenvalue weighted by Crippen LogP contribution is -2.48. The van der Waals surface area contributed by atoms with E-state index >= 15 is 0 Å². The van der Waals surface area contributed by atoms with E-state index < -0.39 is 16.9 Å². The van der Waals surface area contributed by atoms with Gasteiger partial charge in [-0.2, -0.15) is 0 Å². The molecule has 1 aromatic rings. The summed E-state index contributed by atoms with van der Waals surface area (Å²) in [6.45, 7) is 6.49. The summed E-state index contributed by atoms with van der Waals surface area (Å²) in [6.07, 6.45) is 0.858. The minimum atomic E-state index is -0.584. The maximum Gasteiger partial charge on any atom is 0.338 e. The molecule has 0 unspecified atom stereocenters. The van der Waals surface area contributed by atoms with Crippen molar-refractivity contribution in [1.29, 1.82) is 0 Å². The Morgan fingerprint density at radius 3 is 2.76 bits per heavy atom. The van der Waals surface area contributed by atoms with Crippen LogP contribution >= 0.6 is 12.2 Å². The van der Waals surface area contributed by atoms with Gasteiger partial charge in [0.1, 0.15) is 0 Å². The number of carbonyl (C=O) groups excluding carboxylic acids is 1. The van der Waals surface area contributed by atoms with Crippen molar-refractivity contribution in [2.75, 3.05) is 13.2 Å². The van der Waals surface area contributed by atoms with Crippen molar-refractivity contribution in [3.05, 3.63) is 51.2 Å². The van der Waals surface area contributed by atoms with Crippen LogP contribution < -0.4 is 5.32 Å². The fraction of sp³-hybridized carbons (Fsp3) is 0.412. The van der Waals surface area contributed by atoms with E-state index in [1.165, 1.54) is 12.1 Å². The average Bonchev–Trinajstić information content (AvgIpc) is 2.58. The molecule has 0 spiro atoms. The number of benzene rings is 1. The maximum atomic E-state index is 12.5. The second-order valence-corrected chi connectivity index (χ2v) is 5.99. The van der Waals surface area contributed by atoms with Gasteiger partial charge in [0.05, 0.1) is 23.1 Å². The Bertz CT molecular complexity index is 732. The fourth-order valence-electron chi connectivity index (χ4n) is 2.82. The van der Waals surface area contributed by atoms with Crippen LogP contribution in [0, 0.1) is 10.1 Å². The number of ether oxygens (including phenoxy) is 1. The number of allylic oxidation sites excluding steroid dienone is 1. The Labute approximate surface area is 151 Å². The molecule has 0 aromatic heterocycles. The predicted octanol–water partition coefficient (Wildman–Crippen LogP) is 3.07. The van der Waals surface area contributed by atoms with Gasteiger partial charge in [-0.1, -0.05) is 19.1 Å². The van der Waals surface area contributed by atoms with Crippen molar-refractivity contribution in [2.24, 2.45) is 0 Å². The van der Waals surface area contributed by atoms with Crippen molar-refractivity contribution in [1.82, 2.24) is 10.2 Å². The van der Waals surface area contributed by atoms with Crippen LogP contribution in [0.5, 0.6) is 0 Å². The van der Waals surface area contributed by atoms with E-state index in [4.69, 9.17) is 17.0 Å². The number of non-ortho nitro benzene ring substituents is 1. The molecule has 7 nitrogen and oxygen atoms in total. The number of hydrogen-bond acceptors (Lipinski definition) is 5. The SMILES string of the molecule is CCCN1C(=S)N[C@H](c2cccc([N+](=O)[O-])c2)C(C(=O)OCC)=C1C. The number of carbonyl (C=O) groups is 1.